The van der Waals surface area contributed by atoms with E-state index in [4.69, 9.17) is 10.9 Å². The highest BCUT2D eigenvalue weighted by atomic mass is 16.4. The molecule has 1 rings (SSSR count). The topological polar surface area (TPSA) is 87.7 Å². The Morgan fingerprint density at radius 2 is 2.05 bits per heavy atom. The van der Waals surface area contributed by atoms with Gasteiger partial charge in [-0.05, 0) is 31.7 Å². The van der Waals surface area contributed by atoms with Gasteiger partial charge in [-0.2, -0.15) is 0 Å². The molecule has 0 heterocycles. The van der Waals surface area contributed by atoms with Crippen molar-refractivity contribution in [1.82, 2.24) is 5.32 Å². The van der Waals surface area contributed by atoms with Crippen LogP contribution in [-0.2, 0) is 11.2 Å². The molecule has 21 heavy (non-hydrogen) atoms. The number of nitrogens with one attached hydrogen (secondary N) is 1. The average molecular weight is 291 g/mol. The molecule has 116 valence electrons. The SMILES string of the molecule is CCC(CC)(NC(=O)CCc1cccc(C)c1)C(N)=NO. The molecule has 1 amide bonds. The fourth-order valence-electron chi connectivity index (χ4n) is 2.40. The van der Waals surface area contributed by atoms with Crippen LogP contribution in [0.5, 0.6) is 0 Å². The summed E-state index contributed by atoms with van der Waals surface area (Å²) in [5, 5.41) is 14.9. The summed E-state index contributed by atoms with van der Waals surface area (Å²) < 4.78 is 0. The quantitative estimate of drug-likeness (QED) is 0.312. The molecule has 0 unspecified atom stereocenters. The first kappa shape index (κ1) is 17.0. The predicted octanol–water partition coefficient (Wildman–Crippen LogP) is 2.35. The molecule has 0 radical (unpaired) electrons. The van der Waals surface area contributed by atoms with E-state index in [1.54, 1.807) is 0 Å². The number of aryl methyl sites for hydroxylation is 2. The van der Waals surface area contributed by atoms with Crippen LogP contribution in [0.15, 0.2) is 29.4 Å². The molecule has 0 bridgehead atoms. The summed E-state index contributed by atoms with van der Waals surface area (Å²) in [4.78, 5) is 12.2. The highest BCUT2D eigenvalue weighted by Gasteiger charge is 2.32. The molecule has 0 aromatic heterocycles. The number of hydrogen-bond acceptors (Lipinski definition) is 3. The summed E-state index contributed by atoms with van der Waals surface area (Å²) in [6, 6.07) is 8.10. The standard InChI is InChI=1S/C16H25N3O2/c1-4-16(5-2,15(17)19-21)18-14(20)10-9-13-8-6-7-12(3)11-13/h6-8,11,21H,4-5,9-10H2,1-3H3,(H2,17,19)(H,18,20). The fraction of sp³-hybridized carbons (Fsp3) is 0.500. The average Bonchev–Trinajstić information content (AvgIpc) is 2.50. The van der Waals surface area contributed by atoms with E-state index < -0.39 is 5.54 Å². The van der Waals surface area contributed by atoms with E-state index in [-0.39, 0.29) is 11.7 Å². The zero-order valence-electron chi connectivity index (χ0n) is 13.0. The zero-order chi connectivity index (χ0) is 15.9. The van der Waals surface area contributed by atoms with Crippen LogP contribution in [0.4, 0.5) is 0 Å². The minimum Gasteiger partial charge on any atom is -0.409 e. The van der Waals surface area contributed by atoms with Gasteiger partial charge in [-0.25, -0.2) is 0 Å². The minimum absolute atomic E-state index is 0.0522. The first-order valence-electron chi connectivity index (χ1n) is 7.32. The van der Waals surface area contributed by atoms with Crippen molar-refractivity contribution in [2.45, 2.75) is 52.0 Å². The molecule has 0 atom stereocenters. The summed E-state index contributed by atoms with van der Waals surface area (Å²) >= 11 is 0. The van der Waals surface area contributed by atoms with Crippen molar-refractivity contribution in [2.75, 3.05) is 0 Å². The number of carbonyl (C=O) groups excluding carboxylic acids is 1. The Morgan fingerprint density at radius 1 is 1.38 bits per heavy atom. The number of hydrogen-bond donors (Lipinski definition) is 3. The third-order valence-corrected chi connectivity index (χ3v) is 3.91. The van der Waals surface area contributed by atoms with Crippen LogP contribution in [0.25, 0.3) is 0 Å². The summed E-state index contributed by atoms with van der Waals surface area (Å²) in [7, 11) is 0. The number of amidine groups is 1. The Balaban J connectivity index is 2.67. The summed E-state index contributed by atoms with van der Waals surface area (Å²) in [6.45, 7) is 5.84. The Morgan fingerprint density at radius 3 is 2.57 bits per heavy atom. The molecule has 0 saturated carbocycles. The van der Waals surface area contributed by atoms with E-state index in [0.717, 1.165) is 5.56 Å². The lowest BCUT2D eigenvalue weighted by atomic mass is 9.91. The lowest BCUT2D eigenvalue weighted by Gasteiger charge is -2.31. The number of carbonyl (C=O) groups is 1. The second-order valence-electron chi connectivity index (χ2n) is 5.31. The van der Waals surface area contributed by atoms with Gasteiger partial charge in [0.15, 0.2) is 5.84 Å². The van der Waals surface area contributed by atoms with Gasteiger partial charge in [-0.1, -0.05) is 48.8 Å². The Bertz CT molecular complexity index is 508. The van der Waals surface area contributed by atoms with Crippen LogP contribution in [0.2, 0.25) is 0 Å². The van der Waals surface area contributed by atoms with Crippen molar-refractivity contribution in [3.63, 3.8) is 0 Å². The van der Waals surface area contributed by atoms with Crippen molar-refractivity contribution in [2.24, 2.45) is 10.9 Å². The van der Waals surface area contributed by atoms with Gasteiger partial charge in [0.25, 0.3) is 0 Å². The second kappa shape index (κ2) is 7.67. The Kier molecular flexibility index (Phi) is 6.21. The molecule has 0 aliphatic heterocycles. The number of benzene rings is 1. The van der Waals surface area contributed by atoms with Gasteiger partial charge in [0.05, 0.1) is 0 Å². The molecule has 1 aromatic rings. The molecule has 0 saturated heterocycles. The predicted molar refractivity (Wildman–Crippen MR) is 84.4 cm³/mol. The Hall–Kier alpha value is -2.04. The van der Waals surface area contributed by atoms with E-state index >= 15 is 0 Å². The van der Waals surface area contributed by atoms with Crippen molar-refractivity contribution >= 4 is 11.7 Å². The number of rotatable bonds is 7. The summed E-state index contributed by atoms with van der Waals surface area (Å²) in [6.07, 6.45) is 2.21. The maximum Gasteiger partial charge on any atom is 0.221 e. The molecule has 5 nitrogen and oxygen atoms in total. The maximum atomic E-state index is 12.2. The number of nitrogens with two attached hydrogens (primary N) is 1. The van der Waals surface area contributed by atoms with E-state index in [1.807, 2.05) is 39.0 Å². The number of amides is 1. The molecule has 0 spiro atoms. The van der Waals surface area contributed by atoms with Crippen LogP contribution in [0, 0.1) is 6.92 Å². The summed E-state index contributed by atoms with van der Waals surface area (Å²) in [5.74, 6) is -0.0387. The van der Waals surface area contributed by atoms with Gasteiger partial charge >= 0.3 is 0 Å². The molecular weight excluding hydrogens is 266 g/mol. The fourth-order valence-corrected chi connectivity index (χ4v) is 2.40. The van der Waals surface area contributed by atoms with Gasteiger partial charge in [-0.3, -0.25) is 4.79 Å². The molecule has 5 heteroatoms. The number of nitrogens with zero attached hydrogens (tertiary/aromatic N) is 1. The number of oxime groups is 1. The van der Waals surface area contributed by atoms with E-state index in [0.29, 0.717) is 25.7 Å². The molecule has 4 N–H and O–H groups in total. The van der Waals surface area contributed by atoms with Crippen LogP contribution >= 0.6 is 0 Å². The van der Waals surface area contributed by atoms with Crippen LogP contribution in [0.3, 0.4) is 0 Å². The highest BCUT2D eigenvalue weighted by molar-refractivity contribution is 5.93. The van der Waals surface area contributed by atoms with Gasteiger partial charge < -0.3 is 16.3 Å². The largest absolute Gasteiger partial charge is 0.409 e. The minimum atomic E-state index is -0.765. The third-order valence-electron chi connectivity index (χ3n) is 3.91. The van der Waals surface area contributed by atoms with E-state index in [1.165, 1.54) is 5.56 Å². The highest BCUT2D eigenvalue weighted by Crippen LogP contribution is 2.16. The van der Waals surface area contributed by atoms with E-state index in [2.05, 4.69) is 16.5 Å². The van der Waals surface area contributed by atoms with Gasteiger partial charge in [0.2, 0.25) is 5.91 Å². The van der Waals surface area contributed by atoms with Gasteiger partial charge in [0, 0.05) is 6.42 Å². The van der Waals surface area contributed by atoms with E-state index in [9.17, 15) is 4.79 Å². The van der Waals surface area contributed by atoms with Gasteiger partial charge in [0.1, 0.15) is 5.54 Å². The lowest BCUT2D eigenvalue weighted by molar-refractivity contribution is -0.122. The molecule has 0 aliphatic carbocycles. The monoisotopic (exact) mass is 291 g/mol. The third kappa shape index (κ3) is 4.48. The van der Waals surface area contributed by atoms with Crippen LogP contribution in [0.1, 0.15) is 44.2 Å². The lowest BCUT2D eigenvalue weighted by Crippen LogP contribution is -2.56. The first-order chi connectivity index (χ1) is 9.97. The van der Waals surface area contributed by atoms with Crippen molar-refractivity contribution in [3.8, 4) is 0 Å². The summed E-state index contributed by atoms with van der Waals surface area (Å²) in [5.41, 5.74) is 7.28. The van der Waals surface area contributed by atoms with Crippen molar-refractivity contribution in [1.29, 1.82) is 0 Å². The second-order valence-corrected chi connectivity index (χ2v) is 5.31. The molecule has 0 aliphatic rings. The molecule has 0 fully saturated rings. The van der Waals surface area contributed by atoms with Gasteiger partial charge in [-0.15, -0.1) is 0 Å². The maximum absolute atomic E-state index is 12.2. The van der Waals surface area contributed by atoms with Crippen LogP contribution < -0.4 is 11.1 Å². The normalized spacial score (nSPS) is 12.2. The molecular formula is C16H25N3O2. The molecule has 1 aromatic carbocycles. The Labute approximate surface area is 126 Å². The first-order valence-corrected chi connectivity index (χ1v) is 7.32. The smallest absolute Gasteiger partial charge is 0.221 e. The van der Waals surface area contributed by atoms with Crippen molar-refractivity contribution < 1.29 is 10.0 Å². The zero-order valence-corrected chi connectivity index (χ0v) is 13.0. The van der Waals surface area contributed by atoms with Crippen molar-refractivity contribution in [3.05, 3.63) is 35.4 Å². The van der Waals surface area contributed by atoms with Crippen LogP contribution in [-0.4, -0.2) is 22.5 Å².